The lowest BCUT2D eigenvalue weighted by atomic mass is 9.94. The van der Waals surface area contributed by atoms with Gasteiger partial charge in [-0.05, 0) is 24.0 Å². The Bertz CT molecular complexity index is 312. The maximum Gasteiger partial charge on any atom is 0.0769 e. The van der Waals surface area contributed by atoms with Crippen molar-refractivity contribution in [3.63, 3.8) is 0 Å². The summed E-state index contributed by atoms with van der Waals surface area (Å²) in [6, 6.07) is 8.49. The molecule has 0 aliphatic carbocycles. The Labute approximate surface area is 91.3 Å². The predicted octanol–water partition coefficient (Wildman–Crippen LogP) is 2.43. The van der Waals surface area contributed by atoms with Crippen molar-refractivity contribution < 1.29 is 5.11 Å². The number of nitrogens with one attached hydrogen (secondary N) is 1. The average molecular weight is 205 g/mol. The molecule has 1 aliphatic heterocycles. The number of hydrogen-bond acceptors (Lipinski definition) is 2. The molecule has 0 spiro atoms. The third-order valence-electron chi connectivity index (χ3n) is 3.44. The number of benzene rings is 1. The summed E-state index contributed by atoms with van der Waals surface area (Å²) >= 11 is 0. The standard InChI is InChI=1S/C13H19NO/c1-3-9(2)13(15)12-8-10-6-4-5-7-11(10)14-12/h4-7,9,12-15H,3,8H2,1-2H3. The van der Waals surface area contributed by atoms with Gasteiger partial charge in [0.05, 0.1) is 12.1 Å². The van der Waals surface area contributed by atoms with Crippen molar-refractivity contribution in [2.45, 2.75) is 38.8 Å². The van der Waals surface area contributed by atoms with Gasteiger partial charge in [0.1, 0.15) is 0 Å². The third kappa shape index (κ3) is 2.00. The molecular formula is C13H19NO. The molecule has 2 rings (SSSR count). The van der Waals surface area contributed by atoms with E-state index in [-0.39, 0.29) is 12.1 Å². The number of para-hydroxylation sites is 1. The highest BCUT2D eigenvalue weighted by Crippen LogP contribution is 2.28. The first-order chi connectivity index (χ1) is 7.22. The minimum absolute atomic E-state index is 0.192. The van der Waals surface area contributed by atoms with Crippen LogP contribution in [0.3, 0.4) is 0 Å². The Hall–Kier alpha value is -1.02. The van der Waals surface area contributed by atoms with E-state index in [0.717, 1.165) is 12.8 Å². The fourth-order valence-electron chi connectivity index (χ4n) is 2.17. The first-order valence-electron chi connectivity index (χ1n) is 5.75. The van der Waals surface area contributed by atoms with Crippen molar-refractivity contribution in [3.8, 4) is 0 Å². The van der Waals surface area contributed by atoms with Crippen LogP contribution in [0.1, 0.15) is 25.8 Å². The van der Waals surface area contributed by atoms with Crippen LogP contribution in [-0.2, 0) is 6.42 Å². The third-order valence-corrected chi connectivity index (χ3v) is 3.44. The minimum Gasteiger partial charge on any atom is -0.391 e. The molecule has 1 aliphatic rings. The van der Waals surface area contributed by atoms with Crippen molar-refractivity contribution in [2.24, 2.45) is 5.92 Å². The second-order valence-corrected chi connectivity index (χ2v) is 4.49. The van der Waals surface area contributed by atoms with Crippen molar-refractivity contribution in [2.75, 3.05) is 5.32 Å². The van der Waals surface area contributed by atoms with Crippen molar-refractivity contribution in [1.29, 1.82) is 0 Å². The van der Waals surface area contributed by atoms with Gasteiger partial charge in [0.25, 0.3) is 0 Å². The summed E-state index contributed by atoms with van der Waals surface area (Å²) in [6.45, 7) is 4.23. The van der Waals surface area contributed by atoms with Crippen LogP contribution in [0.4, 0.5) is 5.69 Å². The Morgan fingerprint density at radius 2 is 2.20 bits per heavy atom. The molecule has 0 fully saturated rings. The van der Waals surface area contributed by atoms with Gasteiger partial charge in [0.2, 0.25) is 0 Å². The van der Waals surface area contributed by atoms with E-state index in [0.29, 0.717) is 5.92 Å². The topological polar surface area (TPSA) is 32.3 Å². The zero-order chi connectivity index (χ0) is 10.8. The first-order valence-corrected chi connectivity index (χ1v) is 5.75. The largest absolute Gasteiger partial charge is 0.391 e. The maximum atomic E-state index is 10.1. The van der Waals surface area contributed by atoms with Crippen LogP contribution >= 0.6 is 0 Å². The normalized spacial score (nSPS) is 23.0. The quantitative estimate of drug-likeness (QED) is 0.794. The van der Waals surface area contributed by atoms with E-state index < -0.39 is 0 Å². The van der Waals surface area contributed by atoms with E-state index in [1.54, 1.807) is 0 Å². The number of anilines is 1. The smallest absolute Gasteiger partial charge is 0.0769 e. The summed E-state index contributed by atoms with van der Waals surface area (Å²) in [5.41, 5.74) is 2.51. The lowest BCUT2D eigenvalue weighted by molar-refractivity contribution is 0.0966. The first kappa shape index (κ1) is 10.5. The lowest BCUT2D eigenvalue weighted by Gasteiger charge is -2.24. The Kier molecular flexibility index (Phi) is 2.96. The summed E-state index contributed by atoms with van der Waals surface area (Å²) in [5, 5.41) is 13.5. The number of rotatable bonds is 3. The van der Waals surface area contributed by atoms with Crippen LogP contribution in [0.25, 0.3) is 0 Å². The fraction of sp³-hybridized carbons (Fsp3) is 0.538. The molecule has 15 heavy (non-hydrogen) atoms. The van der Waals surface area contributed by atoms with Gasteiger partial charge in [-0.3, -0.25) is 0 Å². The van der Waals surface area contributed by atoms with Crippen LogP contribution in [0.2, 0.25) is 0 Å². The summed E-state index contributed by atoms with van der Waals surface area (Å²) in [6.07, 6.45) is 1.72. The minimum atomic E-state index is -0.248. The molecule has 3 unspecified atom stereocenters. The van der Waals surface area contributed by atoms with Gasteiger partial charge in [0, 0.05) is 5.69 Å². The van der Waals surface area contributed by atoms with Crippen molar-refractivity contribution in [3.05, 3.63) is 29.8 Å². The summed E-state index contributed by atoms with van der Waals surface area (Å²) in [5.74, 6) is 0.358. The molecule has 0 aromatic heterocycles. The molecule has 0 saturated heterocycles. The van der Waals surface area contributed by atoms with Crippen LogP contribution in [-0.4, -0.2) is 17.3 Å². The molecule has 1 aromatic carbocycles. The molecular weight excluding hydrogens is 186 g/mol. The number of fused-ring (bicyclic) bond motifs is 1. The van der Waals surface area contributed by atoms with Gasteiger partial charge in [-0.15, -0.1) is 0 Å². The van der Waals surface area contributed by atoms with Gasteiger partial charge in [0.15, 0.2) is 0 Å². The summed E-state index contributed by atoms with van der Waals surface area (Å²) in [7, 11) is 0. The van der Waals surface area contributed by atoms with Crippen molar-refractivity contribution >= 4 is 5.69 Å². The molecule has 0 radical (unpaired) electrons. The van der Waals surface area contributed by atoms with Gasteiger partial charge in [-0.25, -0.2) is 0 Å². The maximum absolute atomic E-state index is 10.1. The van der Waals surface area contributed by atoms with Crippen LogP contribution < -0.4 is 5.32 Å². The number of hydrogen-bond donors (Lipinski definition) is 2. The Morgan fingerprint density at radius 1 is 1.47 bits per heavy atom. The highest BCUT2D eigenvalue weighted by atomic mass is 16.3. The molecule has 0 saturated carbocycles. The van der Waals surface area contributed by atoms with E-state index in [1.165, 1.54) is 11.3 Å². The second kappa shape index (κ2) is 4.23. The van der Waals surface area contributed by atoms with E-state index >= 15 is 0 Å². The van der Waals surface area contributed by atoms with Crippen LogP contribution in [0, 0.1) is 5.92 Å². The predicted molar refractivity (Wildman–Crippen MR) is 63.0 cm³/mol. The van der Waals surface area contributed by atoms with E-state index in [1.807, 2.05) is 6.07 Å². The average Bonchev–Trinajstić information content (AvgIpc) is 2.70. The van der Waals surface area contributed by atoms with Crippen LogP contribution in [0.5, 0.6) is 0 Å². The molecule has 2 heteroatoms. The van der Waals surface area contributed by atoms with Gasteiger partial charge >= 0.3 is 0 Å². The monoisotopic (exact) mass is 205 g/mol. The molecule has 1 heterocycles. The van der Waals surface area contributed by atoms with E-state index in [4.69, 9.17) is 0 Å². The highest BCUT2D eigenvalue weighted by Gasteiger charge is 2.29. The van der Waals surface area contributed by atoms with Gasteiger partial charge in [-0.2, -0.15) is 0 Å². The van der Waals surface area contributed by atoms with Crippen molar-refractivity contribution in [1.82, 2.24) is 0 Å². The molecule has 0 bridgehead atoms. The number of aliphatic hydroxyl groups is 1. The zero-order valence-electron chi connectivity index (χ0n) is 9.40. The molecule has 1 aromatic rings. The highest BCUT2D eigenvalue weighted by molar-refractivity contribution is 5.56. The Morgan fingerprint density at radius 3 is 2.87 bits per heavy atom. The molecule has 3 atom stereocenters. The van der Waals surface area contributed by atoms with Crippen LogP contribution in [0.15, 0.2) is 24.3 Å². The van der Waals surface area contributed by atoms with E-state index in [2.05, 4.69) is 37.4 Å². The molecule has 2 N–H and O–H groups in total. The second-order valence-electron chi connectivity index (χ2n) is 4.49. The Balaban J connectivity index is 2.07. The molecule has 2 nitrogen and oxygen atoms in total. The fourth-order valence-corrected chi connectivity index (χ4v) is 2.17. The van der Waals surface area contributed by atoms with Gasteiger partial charge < -0.3 is 10.4 Å². The summed E-state index contributed by atoms with van der Waals surface area (Å²) < 4.78 is 0. The SMILES string of the molecule is CCC(C)C(O)C1Cc2ccccc2N1. The molecule has 82 valence electrons. The van der Waals surface area contributed by atoms with Gasteiger partial charge in [-0.1, -0.05) is 38.5 Å². The number of aliphatic hydroxyl groups excluding tert-OH is 1. The lowest BCUT2D eigenvalue weighted by Crippen LogP contribution is -2.36. The van der Waals surface area contributed by atoms with E-state index in [9.17, 15) is 5.11 Å². The zero-order valence-corrected chi connectivity index (χ0v) is 9.40. The summed E-state index contributed by atoms with van der Waals surface area (Å²) in [4.78, 5) is 0. The molecule has 0 amide bonds.